The lowest BCUT2D eigenvalue weighted by molar-refractivity contribution is -0.0969. The molecule has 0 radical (unpaired) electrons. The second-order valence-corrected chi connectivity index (χ2v) is 2.80. The molecule has 2 N–H and O–H groups in total. The fourth-order valence-corrected chi connectivity index (χ4v) is 0.985. The lowest BCUT2D eigenvalue weighted by Crippen LogP contribution is -2.22. The summed E-state index contributed by atoms with van der Waals surface area (Å²) in [4.78, 5) is 10.3. The van der Waals surface area contributed by atoms with Crippen molar-refractivity contribution in [3.63, 3.8) is 0 Å². The first-order chi connectivity index (χ1) is 6.68. The molecular weight excluding hydrogens is 182 g/mol. The third-order valence-electron chi connectivity index (χ3n) is 1.61. The Hall–Kier alpha value is -1.55. The number of amides is 1. The maximum Gasteiger partial charge on any atom is 0.406 e. The van der Waals surface area contributed by atoms with Crippen LogP contribution < -0.4 is 5.73 Å². The number of primary amides is 1. The second kappa shape index (κ2) is 5.24. The summed E-state index contributed by atoms with van der Waals surface area (Å²) in [6, 6.07) is 9.61. The Balaban J connectivity index is 2.30. The van der Waals surface area contributed by atoms with E-state index >= 15 is 0 Å². The molecule has 1 atom stereocenters. The normalized spacial score (nSPS) is 12.1. The average molecular weight is 195 g/mol. The maximum absolute atomic E-state index is 10.3. The molecule has 0 saturated carbocycles. The Morgan fingerprint density at radius 3 is 2.64 bits per heavy atom. The summed E-state index contributed by atoms with van der Waals surface area (Å²) < 4.78 is 9.80. The van der Waals surface area contributed by atoms with Crippen LogP contribution in [-0.2, 0) is 16.1 Å². The number of rotatable bonds is 4. The van der Waals surface area contributed by atoms with Gasteiger partial charge < -0.3 is 15.2 Å². The Labute approximate surface area is 82.6 Å². The number of carbonyl (C=O) groups is 1. The van der Waals surface area contributed by atoms with Gasteiger partial charge in [0.25, 0.3) is 0 Å². The van der Waals surface area contributed by atoms with Gasteiger partial charge in [0, 0.05) is 0 Å². The van der Waals surface area contributed by atoms with E-state index in [1.807, 2.05) is 30.3 Å². The van der Waals surface area contributed by atoms with Gasteiger partial charge in [0.05, 0.1) is 6.61 Å². The second-order valence-electron chi connectivity index (χ2n) is 2.80. The van der Waals surface area contributed by atoms with Gasteiger partial charge in [-0.25, -0.2) is 4.79 Å². The quantitative estimate of drug-likeness (QED) is 0.743. The van der Waals surface area contributed by atoms with Crippen LogP contribution in [-0.4, -0.2) is 12.4 Å². The van der Waals surface area contributed by atoms with Gasteiger partial charge in [-0.2, -0.15) is 0 Å². The molecule has 4 heteroatoms. The van der Waals surface area contributed by atoms with Crippen LogP contribution in [0.2, 0.25) is 0 Å². The van der Waals surface area contributed by atoms with Crippen molar-refractivity contribution >= 4 is 6.09 Å². The number of hydrogen-bond acceptors (Lipinski definition) is 3. The van der Waals surface area contributed by atoms with Gasteiger partial charge in [-0.1, -0.05) is 30.3 Å². The Bertz CT molecular complexity index is 287. The van der Waals surface area contributed by atoms with Gasteiger partial charge in [0.1, 0.15) is 0 Å². The van der Waals surface area contributed by atoms with E-state index < -0.39 is 12.4 Å². The standard InChI is InChI=1S/C10H13NO3/c1-8(14-10(11)12)13-7-9-5-3-2-4-6-9/h2-6,8H,7H2,1H3,(H2,11,12). The zero-order chi connectivity index (χ0) is 10.4. The lowest BCUT2D eigenvalue weighted by atomic mass is 10.2. The van der Waals surface area contributed by atoms with Gasteiger partial charge in [0.2, 0.25) is 6.29 Å². The monoisotopic (exact) mass is 195 g/mol. The zero-order valence-corrected chi connectivity index (χ0v) is 7.97. The molecule has 0 fully saturated rings. The van der Waals surface area contributed by atoms with Crippen molar-refractivity contribution in [3.8, 4) is 0 Å². The van der Waals surface area contributed by atoms with Crippen molar-refractivity contribution in [1.29, 1.82) is 0 Å². The molecule has 0 heterocycles. The Morgan fingerprint density at radius 1 is 1.43 bits per heavy atom. The van der Waals surface area contributed by atoms with Crippen LogP contribution in [0, 0.1) is 0 Å². The molecule has 1 aromatic rings. The highest BCUT2D eigenvalue weighted by atomic mass is 16.7. The van der Waals surface area contributed by atoms with E-state index in [0.29, 0.717) is 6.61 Å². The van der Waals surface area contributed by atoms with Gasteiger partial charge >= 0.3 is 6.09 Å². The highest BCUT2D eigenvalue weighted by Gasteiger charge is 2.05. The molecule has 0 aliphatic heterocycles. The van der Waals surface area contributed by atoms with E-state index in [-0.39, 0.29) is 0 Å². The molecule has 0 bridgehead atoms. The zero-order valence-electron chi connectivity index (χ0n) is 7.97. The number of nitrogens with two attached hydrogens (primary N) is 1. The SMILES string of the molecule is CC(OCc1ccccc1)OC(N)=O. The molecule has 1 amide bonds. The van der Waals surface area contributed by atoms with E-state index in [2.05, 4.69) is 4.74 Å². The van der Waals surface area contributed by atoms with Crippen LogP contribution in [0.4, 0.5) is 4.79 Å². The summed E-state index contributed by atoms with van der Waals surface area (Å²) >= 11 is 0. The first kappa shape index (κ1) is 10.5. The predicted octanol–water partition coefficient (Wildman–Crippen LogP) is 1.64. The third-order valence-corrected chi connectivity index (χ3v) is 1.61. The van der Waals surface area contributed by atoms with E-state index in [0.717, 1.165) is 5.56 Å². The molecule has 1 rings (SSSR count). The molecule has 0 aromatic heterocycles. The predicted molar refractivity (Wildman–Crippen MR) is 51.4 cm³/mol. The average Bonchev–Trinajstić information content (AvgIpc) is 2.15. The fraction of sp³-hybridized carbons (Fsp3) is 0.300. The minimum absolute atomic E-state index is 0.398. The summed E-state index contributed by atoms with van der Waals surface area (Å²) in [5.41, 5.74) is 5.84. The highest BCUT2D eigenvalue weighted by molar-refractivity contribution is 5.64. The summed E-state index contributed by atoms with van der Waals surface area (Å²) in [6.45, 7) is 2.02. The van der Waals surface area contributed by atoms with Gasteiger partial charge in [0.15, 0.2) is 0 Å². The van der Waals surface area contributed by atoms with Crippen LogP contribution in [0.15, 0.2) is 30.3 Å². The summed E-state index contributed by atoms with van der Waals surface area (Å²) in [6.07, 6.45) is -1.45. The number of hydrogen-bond donors (Lipinski definition) is 1. The largest absolute Gasteiger partial charge is 0.420 e. The number of benzene rings is 1. The van der Waals surface area contributed by atoms with E-state index in [9.17, 15) is 4.79 Å². The topological polar surface area (TPSA) is 61.6 Å². The molecular formula is C10H13NO3. The fourth-order valence-electron chi connectivity index (χ4n) is 0.985. The molecule has 1 aromatic carbocycles. The van der Waals surface area contributed by atoms with Gasteiger partial charge in [-0.3, -0.25) is 0 Å². The van der Waals surface area contributed by atoms with E-state index in [1.54, 1.807) is 6.92 Å². The van der Waals surface area contributed by atoms with E-state index in [4.69, 9.17) is 10.5 Å². The summed E-state index contributed by atoms with van der Waals surface area (Å²) in [5, 5.41) is 0. The number of ether oxygens (including phenoxy) is 2. The molecule has 1 unspecified atom stereocenters. The van der Waals surface area contributed by atoms with Crippen LogP contribution >= 0.6 is 0 Å². The summed E-state index contributed by atoms with van der Waals surface area (Å²) in [7, 11) is 0. The van der Waals surface area contributed by atoms with Crippen molar-refractivity contribution in [2.24, 2.45) is 5.73 Å². The molecule has 76 valence electrons. The molecule has 0 saturated heterocycles. The van der Waals surface area contributed by atoms with Crippen LogP contribution in [0.3, 0.4) is 0 Å². The van der Waals surface area contributed by atoms with Crippen LogP contribution in [0.1, 0.15) is 12.5 Å². The van der Waals surface area contributed by atoms with Crippen LogP contribution in [0.25, 0.3) is 0 Å². The third kappa shape index (κ3) is 3.91. The maximum atomic E-state index is 10.3. The molecule has 4 nitrogen and oxygen atoms in total. The van der Waals surface area contributed by atoms with Crippen molar-refractivity contribution in [3.05, 3.63) is 35.9 Å². The molecule has 0 spiro atoms. The van der Waals surface area contributed by atoms with Crippen molar-refractivity contribution in [1.82, 2.24) is 0 Å². The van der Waals surface area contributed by atoms with E-state index in [1.165, 1.54) is 0 Å². The lowest BCUT2D eigenvalue weighted by Gasteiger charge is -2.12. The summed E-state index contributed by atoms with van der Waals surface area (Å²) in [5.74, 6) is 0. The smallest absolute Gasteiger partial charge is 0.406 e. The minimum Gasteiger partial charge on any atom is -0.420 e. The minimum atomic E-state index is -0.828. The van der Waals surface area contributed by atoms with Crippen LogP contribution in [0.5, 0.6) is 0 Å². The van der Waals surface area contributed by atoms with Gasteiger partial charge in [-0.05, 0) is 12.5 Å². The van der Waals surface area contributed by atoms with Gasteiger partial charge in [-0.15, -0.1) is 0 Å². The first-order valence-electron chi connectivity index (χ1n) is 4.30. The molecule has 0 aliphatic rings. The van der Waals surface area contributed by atoms with Crippen molar-refractivity contribution in [2.45, 2.75) is 19.8 Å². The van der Waals surface area contributed by atoms with Crippen molar-refractivity contribution < 1.29 is 14.3 Å². The Morgan fingerprint density at radius 2 is 2.07 bits per heavy atom. The first-order valence-corrected chi connectivity index (χ1v) is 4.30. The molecule has 14 heavy (non-hydrogen) atoms. The number of carbonyl (C=O) groups excluding carboxylic acids is 1. The van der Waals surface area contributed by atoms with Crippen molar-refractivity contribution in [2.75, 3.05) is 0 Å². The Kier molecular flexibility index (Phi) is 3.94. The molecule has 0 aliphatic carbocycles. The highest BCUT2D eigenvalue weighted by Crippen LogP contribution is 2.03.